The summed E-state index contributed by atoms with van der Waals surface area (Å²) in [6.07, 6.45) is 4.35. The van der Waals surface area contributed by atoms with E-state index in [1.807, 2.05) is 42.5 Å². The molecule has 5 rings (SSSR count). The first-order valence-corrected chi connectivity index (χ1v) is 13.3. The molecule has 9 heteroatoms. The first-order chi connectivity index (χ1) is 18.4. The van der Waals surface area contributed by atoms with Crippen LogP contribution in [0.5, 0.6) is 0 Å². The highest BCUT2D eigenvalue weighted by atomic mass is 35.5. The average molecular weight is 535 g/mol. The van der Waals surface area contributed by atoms with Gasteiger partial charge in [0.1, 0.15) is 11.9 Å². The fraction of sp³-hybridized carbons (Fsp3) is 0.379. The second-order valence-corrected chi connectivity index (χ2v) is 10.3. The number of rotatable bonds is 8. The fourth-order valence-corrected chi connectivity index (χ4v) is 5.25. The Morgan fingerprint density at radius 2 is 1.97 bits per heavy atom. The molecule has 2 aliphatic rings. The van der Waals surface area contributed by atoms with E-state index in [1.54, 1.807) is 24.1 Å². The predicted molar refractivity (Wildman–Crippen MR) is 143 cm³/mol. The molecule has 2 atom stereocenters. The van der Waals surface area contributed by atoms with E-state index in [4.69, 9.17) is 21.3 Å². The number of amides is 2. The summed E-state index contributed by atoms with van der Waals surface area (Å²) in [6.45, 7) is 3.31. The lowest BCUT2D eigenvalue weighted by atomic mass is 9.96. The van der Waals surface area contributed by atoms with Crippen LogP contribution in [-0.4, -0.2) is 57.7 Å². The van der Waals surface area contributed by atoms with Crippen molar-refractivity contribution < 1.29 is 19.4 Å². The van der Waals surface area contributed by atoms with Gasteiger partial charge in [-0.3, -0.25) is 9.59 Å². The van der Waals surface area contributed by atoms with Crippen LogP contribution in [0.2, 0.25) is 5.02 Å². The van der Waals surface area contributed by atoms with Crippen molar-refractivity contribution in [3.05, 3.63) is 82.3 Å². The van der Waals surface area contributed by atoms with E-state index in [9.17, 15) is 14.7 Å². The van der Waals surface area contributed by atoms with Gasteiger partial charge in [0, 0.05) is 43.5 Å². The molecule has 0 saturated carbocycles. The first-order valence-electron chi connectivity index (χ1n) is 12.9. The van der Waals surface area contributed by atoms with Crippen LogP contribution in [0, 0.1) is 5.92 Å². The molecule has 1 aromatic heterocycles. The lowest BCUT2D eigenvalue weighted by Crippen LogP contribution is -2.46. The lowest BCUT2D eigenvalue weighted by molar-refractivity contribution is -0.126. The van der Waals surface area contributed by atoms with Crippen molar-refractivity contribution in [1.29, 1.82) is 0 Å². The Hall–Kier alpha value is -3.33. The molecule has 198 valence electrons. The smallest absolute Gasteiger partial charge is 0.255 e. The fourth-order valence-electron chi connectivity index (χ4n) is 5.05. The number of hydrogen-bond donors (Lipinski definition) is 2. The van der Waals surface area contributed by atoms with Crippen LogP contribution in [0.3, 0.4) is 0 Å². The monoisotopic (exact) mass is 534 g/mol. The molecule has 0 spiro atoms. The number of carbonyl (C=O) groups excluding carboxylic acids is 2. The number of aromatic nitrogens is 2. The summed E-state index contributed by atoms with van der Waals surface area (Å²) in [5.74, 6) is 0.656. The van der Waals surface area contributed by atoms with Crippen LogP contribution in [0.1, 0.15) is 53.1 Å². The number of aliphatic hydroxyl groups is 1. The molecule has 0 radical (unpaired) electrons. The molecule has 38 heavy (non-hydrogen) atoms. The third-order valence-corrected chi connectivity index (χ3v) is 7.65. The normalized spacial score (nSPS) is 17.2. The van der Waals surface area contributed by atoms with Gasteiger partial charge in [-0.1, -0.05) is 54.1 Å². The number of aliphatic hydroxyl groups excluding tert-OH is 1. The summed E-state index contributed by atoms with van der Waals surface area (Å²) < 4.78 is 5.45. The van der Waals surface area contributed by atoms with Crippen LogP contribution in [0.4, 0.5) is 0 Å². The van der Waals surface area contributed by atoms with E-state index in [1.165, 1.54) is 0 Å². The number of benzene rings is 2. The maximum absolute atomic E-state index is 13.4. The highest BCUT2D eigenvalue weighted by Gasteiger charge is 2.35. The summed E-state index contributed by atoms with van der Waals surface area (Å²) in [5, 5.41) is 13.1. The van der Waals surface area contributed by atoms with Gasteiger partial charge in [0.2, 0.25) is 5.91 Å². The van der Waals surface area contributed by atoms with Crippen LogP contribution in [0.15, 0.2) is 54.7 Å². The summed E-state index contributed by atoms with van der Waals surface area (Å²) in [4.78, 5) is 37.1. The van der Waals surface area contributed by atoms with Gasteiger partial charge in [0.25, 0.3) is 5.91 Å². The van der Waals surface area contributed by atoms with Gasteiger partial charge in [0.15, 0.2) is 0 Å². The topological polar surface area (TPSA) is 105 Å². The second-order valence-electron chi connectivity index (χ2n) is 9.88. The molecule has 8 nitrogen and oxygen atoms in total. The summed E-state index contributed by atoms with van der Waals surface area (Å²) in [7, 11) is 0. The predicted octanol–water partition coefficient (Wildman–Crippen LogP) is 3.96. The summed E-state index contributed by atoms with van der Waals surface area (Å²) in [6, 6.07) is 13.6. The number of nitrogens with zero attached hydrogens (tertiary/aromatic N) is 3. The highest BCUT2D eigenvalue weighted by molar-refractivity contribution is 6.32. The third kappa shape index (κ3) is 5.57. The van der Waals surface area contributed by atoms with Gasteiger partial charge >= 0.3 is 0 Å². The standard InChI is InChI=1S/C29H31ClN4O4/c1-18(28(36)32-25(17-35)20-5-3-2-4-6-20)34-16-22-8-7-21(14-23(22)29(34)37)27-24(30)15-31-26(33-27)13-19-9-11-38-12-10-19/h2-8,14-15,18-19,25,35H,9-13,16-17H2,1H3,(H,32,36)/t18-,25+/m0/s1. The number of carbonyl (C=O) groups is 2. The van der Waals surface area contributed by atoms with Crippen molar-refractivity contribution in [3.8, 4) is 11.3 Å². The van der Waals surface area contributed by atoms with Crippen LogP contribution in [0.25, 0.3) is 11.3 Å². The van der Waals surface area contributed by atoms with Crippen molar-refractivity contribution in [3.63, 3.8) is 0 Å². The van der Waals surface area contributed by atoms with Crippen LogP contribution in [-0.2, 0) is 22.5 Å². The molecule has 0 aliphatic carbocycles. The lowest BCUT2D eigenvalue weighted by Gasteiger charge is -2.26. The number of nitrogens with one attached hydrogen (secondary N) is 1. The molecule has 3 aromatic rings. The molecule has 2 N–H and O–H groups in total. The minimum Gasteiger partial charge on any atom is -0.394 e. The summed E-state index contributed by atoms with van der Waals surface area (Å²) >= 11 is 6.48. The Kier molecular flexibility index (Phi) is 8.02. The molecule has 0 unspecified atom stereocenters. The maximum Gasteiger partial charge on any atom is 0.255 e. The second kappa shape index (κ2) is 11.6. The zero-order chi connectivity index (χ0) is 26.6. The van der Waals surface area contributed by atoms with Gasteiger partial charge in [0.05, 0.1) is 23.4 Å². The molecule has 2 aromatic carbocycles. The van der Waals surface area contributed by atoms with Gasteiger partial charge in [-0.2, -0.15) is 0 Å². The van der Waals surface area contributed by atoms with E-state index < -0.39 is 12.1 Å². The average Bonchev–Trinajstić information content (AvgIpc) is 3.28. The zero-order valence-electron chi connectivity index (χ0n) is 21.3. The Morgan fingerprint density at radius 3 is 2.71 bits per heavy atom. The van der Waals surface area contributed by atoms with E-state index in [0.717, 1.165) is 55.0 Å². The quantitative estimate of drug-likeness (QED) is 0.453. The number of fused-ring (bicyclic) bond motifs is 1. The van der Waals surface area contributed by atoms with Crippen molar-refractivity contribution in [2.45, 2.75) is 44.8 Å². The molecule has 2 aliphatic heterocycles. The first kappa shape index (κ1) is 26.3. The highest BCUT2D eigenvalue weighted by Crippen LogP contribution is 2.32. The van der Waals surface area contributed by atoms with Crippen LogP contribution < -0.4 is 5.32 Å². The van der Waals surface area contributed by atoms with Gasteiger partial charge < -0.3 is 20.1 Å². The minimum absolute atomic E-state index is 0.225. The van der Waals surface area contributed by atoms with E-state index in [-0.39, 0.29) is 18.4 Å². The largest absolute Gasteiger partial charge is 0.394 e. The minimum atomic E-state index is -0.718. The number of ether oxygens (including phenoxy) is 1. The van der Waals surface area contributed by atoms with Gasteiger partial charge in [-0.15, -0.1) is 0 Å². The third-order valence-electron chi connectivity index (χ3n) is 7.37. The zero-order valence-corrected chi connectivity index (χ0v) is 22.0. The van der Waals surface area contributed by atoms with Crippen molar-refractivity contribution in [2.75, 3.05) is 19.8 Å². The Bertz CT molecular complexity index is 1310. The van der Waals surface area contributed by atoms with E-state index in [0.29, 0.717) is 28.7 Å². The van der Waals surface area contributed by atoms with Gasteiger partial charge in [-0.05, 0) is 42.9 Å². The Labute approximate surface area is 227 Å². The Balaban J connectivity index is 1.31. The molecule has 1 saturated heterocycles. The van der Waals surface area contributed by atoms with Gasteiger partial charge in [-0.25, -0.2) is 9.97 Å². The SMILES string of the molecule is C[C@@H](C(=O)N[C@H](CO)c1ccccc1)N1Cc2ccc(-c3nc(CC4CCOCC4)ncc3Cl)cc2C1=O. The van der Waals surface area contributed by atoms with E-state index >= 15 is 0 Å². The maximum atomic E-state index is 13.4. The molecule has 2 amide bonds. The molecular formula is C29H31ClN4O4. The van der Waals surface area contributed by atoms with Crippen molar-refractivity contribution >= 4 is 23.4 Å². The van der Waals surface area contributed by atoms with Crippen LogP contribution >= 0.6 is 11.6 Å². The summed E-state index contributed by atoms with van der Waals surface area (Å²) in [5.41, 5.74) is 3.50. The van der Waals surface area contributed by atoms with Crippen molar-refractivity contribution in [2.24, 2.45) is 5.92 Å². The number of hydrogen-bond acceptors (Lipinski definition) is 6. The van der Waals surface area contributed by atoms with E-state index in [2.05, 4.69) is 10.3 Å². The van der Waals surface area contributed by atoms with Crippen molar-refractivity contribution in [1.82, 2.24) is 20.2 Å². The molecule has 3 heterocycles. The Morgan fingerprint density at radius 1 is 1.21 bits per heavy atom. The number of halogens is 1. The molecule has 0 bridgehead atoms. The molecule has 1 fully saturated rings. The molecular weight excluding hydrogens is 504 g/mol.